The van der Waals surface area contributed by atoms with Crippen molar-refractivity contribution in [2.75, 3.05) is 11.1 Å². The minimum absolute atomic E-state index is 0.00611. The van der Waals surface area contributed by atoms with Crippen molar-refractivity contribution in [3.05, 3.63) is 23.5 Å². The van der Waals surface area contributed by atoms with Gasteiger partial charge in [-0.1, -0.05) is 0 Å². The molecule has 0 fully saturated rings. The van der Waals surface area contributed by atoms with E-state index in [9.17, 15) is 14.7 Å². The van der Waals surface area contributed by atoms with Gasteiger partial charge in [0.15, 0.2) is 5.78 Å². The molecule has 0 aliphatic rings. The van der Waals surface area contributed by atoms with Crippen LogP contribution in [-0.2, 0) is 0 Å². The van der Waals surface area contributed by atoms with Crippen molar-refractivity contribution in [2.24, 2.45) is 0 Å². The summed E-state index contributed by atoms with van der Waals surface area (Å²) in [4.78, 5) is 23.0. The van der Waals surface area contributed by atoms with Gasteiger partial charge in [-0.15, -0.1) is 5.10 Å². The van der Waals surface area contributed by atoms with Gasteiger partial charge in [-0.2, -0.15) is 0 Å². The second kappa shape index (κ2) is 4.72. The lowest BCUT2D eigenvalue weighted by atomic mass is 10.1. The van der Waals surface area contributed by atoms with Crippen molar-refractivity contribution in [3.8, 4) is 5.75 Å². The number of carbonyl (C=O) groups excluding carboxylic acids is 2. The number of phenolic OH excluding ortho intramolecular Hbond substituents is 1. The molecule has 0 bridgehead atoms. The van der Waals surface area contributed by atoms with Crippen LogP contribution in [-0.4, -0.2) is 37.4 Å². The minimum Gasteiger partial charge on any atom is -0.505 e. The smallest absolute Gasteiger partial charge is 0.295 e. The first-order valence-electron chi connectivity index (χ1n) is 5.17. The van der Waals surface area contributed by atoms with Crippen LogP contribution in [0.2, 0.25) is 0 Å². The molecule has 1 aromatic carbocycles. The number of hydrogen-bond donors (Lipinski definition) is 4. The highest BCUT2D eigenvalue weighted by molar-refractivity contribution is 6.05. The molecule has 1 amide bonds. The van der Waals surface area contributed by atoms with Crippen molar-refractivity contribution in [2.45, 2.75) is 6.92 Å². The number of nitrogens with one attached hydrogen (secondary N) is 2. The molecule has 0 unspecified atom stereocenters. The van der Waals surface area contributed by atoms with E-state index in [0.717, 1.165) is 0 Å². The third-order valence-corrected chi connectivity index (χ3v) is 2.32. The number of aromatic nitrogens is 4. The summed E-state index contributed by atoms with van der Waals surface area (Å²) in [6.45, 7) is 1.28. The van der Waals surface area contributed by atoms with E-state index in [1.807, 2.05) is 0 Å². The number of tetrazole rings is 1. The molecule has 0 saturated carbocycles. The summed E-state index contributed by atoms with van der Waals surface area (Å²) in [5, 5.41) is 24.4. The number of anilines is 2. The van der Waals surface area contributed by atoms with Gasteiger partial charge in [-0.3, -0.25) is 9.59 Å². The Balaban J connectivity index is 2.35. The number of nitrogens with two attached hydrogens (primary N) is 1. The number of ketones is 1. The second-order valence-corrected chi connectivity index (χ2v) is 3.72. The van der Waals surface area contributed by atoms with Gasteiger partial charge in [-0.05, 0) is 29.5 Å². The van der Waals surface area contributed by atoms with Crippen LogP contribution in [0, 0.1) is 0 Å². The highest BCUT2D eigenvalue weighted by Gasteiger charge is 2.17. The van der Waals surface area contributed by atoms with Crippen LogP contribution in [0.4, 0.5) is 11.4 Å². The molecule has 2 aromatic rings. The van der Waals surface area contributed by atoms with Crippen molar-refractivity contribution in [3.63, 3.8) is 0 Å². The summed E-state index contributed by atoms with van der Waals surface area (Å²) in [6.07, 6.45) is 0. The van der Waals surface area contributed by atoms with Gasteiger partial charge >= 0.3 is 0 Å². The average molecular weight is 262 g/mol. The van der Waals surface area contributed by atoms with Gasteiger partial charge in [0.05, 0.1) is 11.3 Å². The van der Waals surface area contributed by atoms with Gasteiger partial charge < -0.3 is 16.2 Å². The van der Waals surface area contributed by atoms with E-state index in [1.165, 1.54) is 19.1 Å². The minimum atomic E-state index is -0.666. The third-order valence-electron chi connectivity index (χ3n) is 2.32. The summed E-state index contributed by atoms with van der Waals surface area (Å²) < 4.78 is 0. The summed E-state index contributed by atoms with van der Waals surface area (Å²) in [5.74, 6) is -1.53. The number of nitrogen functional groups attached to an aromatic ring is 1. The van der Waals surface area contributed by atoms with Gasteiger partial charge in [0, 0.05) is 5.69 Å². The third kappa shape index (κ3) is 2.49. The Labute approximate surface area is 106 Å². The van der Waals surface area contributed by atoms with Crippen molar-refractivity contribution in [1.29, 1.82) is 0 Å². The number of Topliss-reactive ketones (excluding diaryl/α,β-unsaturated/α-hetero) is 1. The quantitative estimate of drug-likeness (QED) is 0.262. The molecule has 9 nitrogen and oxygen atoms in total. The molecule has 1 heterocycles. The highest BCUT2D eigenvalue weighted by atomic mass is 16.3. The van der Waals surface area contributed by atoms with E-state index in [0.29, 0.717) is 0 Å². The molecule has 5 N–H and O–H groups in total. The van der Waals surface area contributed by atoms with Crippen LogP contribution < -0.4 is 11.1 Å². The standard InChI is InChI=1S/C10H10N6O3/c1-4(17)6-2-5(11)3-7(8(6)18)12-10(19)9-13-15-16-14-9/h2-3,18H,11H2,1H3,(H,12,19)(H,13,14,15,16). The maximum Gasteiger partial charge on any atom is 0.295 e. The summed E-state index contributed by atoms with van der Waals surface area (Å²) >= 11 is 0. The molecule has 0 radical (unpaired) electrons. The molecule has 0 spiro atoms. The van der Waals surface area contributed by atoms with Gasteiger partial charge in [0.25, 0.3) is 5.91 Å². The Morgan fingerprint density at radius 1 is 1.42 bits per heavy atom. The zero-order valence-electron chi connectivity index (χ0n) is 9.84. The zero-order chi connectivity index (χ0) is 14.0. The molecular formula is C10H10N6O3. The molecule has 0 aliphatic heterocycles. The fraction of sp³-hybridized carbons (Fsp3) is 0.100. The summed E-state index contributed by atoms with van der Waals surface area (Å²) in [5.41, 5.74) is 5.85. The van der Waals surface area contributed by atoms with Crippen molar-refractivity contribution in [1.82, 2.24) is 20.6 Å². The molecule has 9 heteroatoms. The molecule has 2 rings (SSSR count). The number of aromatic amines is 1. The maximum atomic E-state index is 11.7. The van der Waals surface area contributed by atoms with Crippen LogP contribution in [0.25, 0.3) is 0 Å². The topological polar surface area (TPSA) is 147 Å². The van der Waals surface area contributed by atoms with E-state index in [-0.39, 0.29) is 34.3 Å². The normalized spacial score (nSPS) is 10.2. The first-order chi connectivity index (χ1) is 8.99. The maximum absolute atomic E-state index is 11.7. The van der Waals surface area contributed by atoms with Crippen LogP contribution in [0.15, 0.2) is 12.1 Å². The number of carbonyl (C=O) groups is 2. The van der Waals surface area contributed by atoms with E-state index in [4.69, 9.17) is 5.73 Å². The molecule has 0 atom stereocenters. The fourth-order valence-electron chi connectivity index (χ4n) is 1.46. The largest absolute Gasteiger partial charge is 0.505 e. The summed E-state index contributed by atoms with van der Waals surface area (Å²) in [6, 6.07) is 2.65. The number of aromatic hydroxyl groups is 1. The zero-order valence-corrected chi connectivity index (χ0v) is 9.84. The van der Waals surface area contributed by atoms with E-state index < -0.39 is 5.91 Å². The number of hydrogen-bond acceptors (Lipinski definition) is 7. The number of nitrogens with zero attached hydrogens (tertiary/aromatic N) is 3. The number of H-pyrrole nitrogens is 1. The molecule has 0 saturated heterocycles. The predicted molar refractivity (Wildman–Crippen MR) is 64.7 cm³/mol. The summed E-state index contributed by atoms with van der Waals surface area (Å²) in [7, 11) is 0. The lowest BCUT2D eigenvalue weighted by Gasteiger charge is -2.10. The number of phenols is 1. The molecular weight excluding hydrogens is 252 g/mol. The Kier molecular flexibility index (Phi) is 3.10. The Hall–Kier alpha value is -2.97. The first-order valence-corrected chi connectivity index (χ1v) is 5.17. The van der Waals surface area contributed by atoms with Crippen LogP contribution >= 0.6 is 0 Å². The first kappa shape index (κ1) is 12.5. The van der Waals surface area contributed by atoms with Gasteiger partial charge in [-0.25, -0.2) is 5.10 Å². The number of rotatable bonds is 3. The molecule has 98 valence electrons. The predicted octanol–water partition coefficient (Wildman–Crippen LogP) is -0.0576. The fourth-order valence-corrected chi connectivity index (χ4v) is 1.46. The van der Waals surface area contributed by atoms with Crippen LogP contribution in [0.1, 0.15) is 27.9 Å². The Morgan fingerprint density at radius 3 is 2.74 bits per heavy atom. The van der Waals surface area contributed by atoms with Gasteiger partial charge in [0.2, 0.25) is 5.82 Å². The van der Waals surface area contributed by atoms with Crippen LogP contribution in [0.5, 0.6) is 5.75 Å². The van der Waals surface area contributed by atoms with Crippen LogP contribution in [0.3, 0.4) is 0 Å². The average Bonchev–Trinajstić information content (AvgIpc) is 2.86. The number of amides is 1. The number of benzene rings is 1. The molecule has 1 aromatic heterocycles. The Morgan fingerprint density at radius 2 is 2.16 bits per heavy atom. The lowest BCUT2D eigenvalue weighted by molar-refractivity contribution is 0.1000. The Bertz CT molecular complexity index is 637. The second-order valence-electron chi connectivity index (χ2n) is 3.72. The van der Waals surface area contributed by atoms with E-state index in [2.05, 4.69) is 25.9 Å². The van der Waals surface area contributed by atoms with Gasteiger partial charge in [0.1, 0.15) is 5.75 Å². The monoisotopic (exact) mass is 262 g/mol. The van der Waals surface area contributed by atoms with E-state index >= 15 is 0 Å². The SMILES string of the molecule is CC(=O)c1cc(N)cc(NC(=O)c2nnn[nH]2)c1O. The van der Waals surface area contributed by atoms with E-state index in [1.54, 1.807) is 0 Å². The van der Waals surface area contributed by atoms with Crippen molar-refractivity contribution >= 4 is 23.1 Å². The van der Waals surface area contributed by atoms with Crippen molar-refractivity contribution < 1.29 is 14.7 Å². The molecule has 19 heavy (non-hydrogen) atoms. The highest BCUT2D eigenvalue weighted by Crippen LogP contribution is 2.31. The molecule has 0 aliphatic carbocycles. The lowest BCUT2D eigenvalue weighted by Crippen LogP contribution is -2.14.